The summed E-state index contributed by atoms with van der Waals surface area (Å²) in [6.07, 6.45) is 0.516. The number of hydrogen-bond donors (Lipinski definition) is 10. The van der Waals surface area contributed by atoms with Crippen molar-refractivity contribution in [2.45, 2.75) is 37.4 Å². The molecule has 3 atom stereocenters. The molecular weight excluding hydrogens is 450 g/mol. The fourth-order valence-electron chi connectivity index (χ4n) is 2.78. The maximum atomic E-state index is 12.4. The number of carboxylic acid groups (broad SMARTS) is 1. The van der Waals surface area contributed by atoms with Gasteiger partial charge in [0.25, 0.3) is 0 Å². The number of rotatable bonds is 14. The first-order valence-corrected chi connectivity index (χ1v) is 10.4. The van der Waals surface area contributed by atoms with Gasteiger partial charge in [0.2, 0.25) is 17.7 Å². The number of carbonyl (C=O) groups is 4. The fraction of sp³-hybridized carbons (Fsp3) is 0.450. The van der Waals surface area contributed by atoms with Crippen LogP contribution in [0.3, 0.4) is 0 Å². The molecule has 0 aliphatic rings. The Bertz CT molecular complexity index is 863. The van der Waals surface area contributed by atoms with Gasteiger partial charge in [-0.2, -0.15) is 0 Å². The van der Waals surface area contributed by atoms with Crippen LogP contribution < -0.4 is 32.7 Å². The highest BCUT2D eigenvalue weighted by Gasteiger charge is 2.26. The normalized spacial score (nSPS) is 13.1. The minimum absolute atomic E-state index is 0.0595. The third-order valence-corrected chi connectivity index (χ3v) is 4.59. The number of aliphatic hydroxyl groups excluding tert-OH is 1. The SMILES string of the molecule is N=C(N)NCCC[C@H](NC(=O)CNC(=O)[C@@H](N)Cc1ccc(O)cc1)C(=O)N[C@@H](CO)C(=O)O. The second-order valence-electron chi connectivity index (χ2n) is 7.38. The van der Waals surface area contributed by atoms with Crippen LogP contribution in [0.25, 0.3) is 0 Å². The van der Waals surface area contributed by atoms with Crippen molar-refractivity contribution in [3.05, 3.63) is 29.8 Å². The summed E-state index contributed by atoms with van der Waals surface area (Å²) in [4.78, 5) is 48.0. The van der Waals surface area contributed by atoms with Crippen molar-refractivity contribution < 1.29 is 34.5 Å². The molecule has 0 aliphatic heterocycles. The van der Waals surface area contributed by atoms with Gasteiger partial charge in [-0.3, -0.25) is 19.8 Å². The van der Waals surface area contributed by atoms with Gasteiger partial charge in [-0.25, -0.2) is 4.79 Å². The van der Waals surface area contributed by atoms with Gasteiger partial charge in [0.15, 0.2) is 5.96 Å². The van der Waals surface area contributed by atoms with E-state index in [0.717, 1.165) is 0 Å². The highest BCUT2D eigenvalue weighted by atomic mass is 16.4. The molecule has 1 rings (SSSR count). The maximum Gasteiger partial charge on any atom is 0.328 e. The van der Waals surface area contributed by atoms with Crippen molar-refractivity contribution in [3.8, 4) is 5.75 Å². The number of aliphatic hydroxyl groups is 1. The summed E-state index contributed by atoms with van der Waals surface area (Å²) >= 11 is 0. The van der Waals surface area contributed by atoms with Gasteiger partial charge in [0, 0.05) is 6.54 Å². The summed E-state index contributed by atoms with van der Waals surface area (Å²) in [5.74, 6) is -3.82. The first-order chi connectivity index (χ1) is 16.0. The third kappa shape index (κ3) is 10.6. The van der Waals surface area contributed by atoms with E-state index in [1.165, 1.54) is 12.1 Å². The number of carbonyl (C=O) groups excluding carboxylic acids is 3. The van der Waals surface area contributed by atoms with Crippen LogP contribution in [0.15, 0.2) is 24.3 Å². The Balaban J connectivity index is 2.64. The summed E-state index contributed by atoms with van der Waals surface area (Å²) in [6.45, 7) is -1.11. The number of nitrogens with two attached hydrogens (primary N) is 2. The third-order valence-electron chi connectivity index (χ3n) is 4.59. The van der Waals surface area contributed by atoms with E-state index < -0.39 is 55.0 Å². The van der Waals surface area contributed by atoms with Crippen molar-refractivity contribution in [1.82, 2.24) is 21.3 Å². The Hall–Kier alpha value is -3.91. The average molecular weight is 482 g/mol. The molecule has 0 spiro atoms. The van der Waals surface area contributed by atoms with E-state index in [0.29, 0.717) is 12.0 Å². The average Bonchev–Trinajstić information content (AvgIpc) is 2.78. The summed E-state index contributed by atoms with van der Waals surface area (Å²) < 4.78 is 0. The van der Waals surface area contributed by atoms with Crippen molar-refractivity contribution in [1.29, 1.82) is 5.41 Å². The van der Waals surface area contributed by atoms with Crippen LogP contribution in [0.5, 0.6) is 5.75 Å². The Morgan fingerprint density at radius 3 is 2.21 bits per heavy atom. The highest BCUT2D eigenvalue weighted by molar-refractivity contribution is 5.92. The molecule has 14 nitrogen and oxygen atoms in total. The second-order valence-corrected chi connectivity index (χ2v) is 7.38. The van der Waals surface area contributed by atoms with Gasteiger partial charge in [-0.1, -0.05) is 12.1 Å². The van der Waals surface area contributed by atoms with Crippen LogP contribution in [-0.2, 0) is 25.6 Å². The van der Waals surface area contributed by atoms with Crippen LogP contribution in [0.4, 0.5) is 0 Å². The van der Waals surface area contributed by atoms with Crippen molar-refractivity contribution in [2.24, 2.45) is 11.5 Å². The van der Waals surface area contributed by atoms with Gasteiger partial charge in [0.05, 0.1) is 19.2 Å². The number of phenolic OH excluding ortho intramolecular Hbond substituents is 1. The zero-order chi connectivity index (χ0) is 25.7. The molecule has 0 radical (unpaired) electrons. The van der Waals surface area contributed by atoms with Gasteiger partial charge in [-0.05, 0) is 37.0 Å². The summed E-state index contributed by atoms with van der Waals surface area (Å²) in [5.41, 5.74) is 11.7. The van der Waals surface area contributed by atoms with Crippen molar-refractivity contribution >= 4 is 29.7 Å². The summed E-state index contributed by atoms with van der Waals surface area (Å²) in [6, 6.07) is 2.44. The molecule has 188 valence electrons. The van der Waals surface area contributed by atoms with Crippen molar-refractivity contribution in [2.75, 3.05) is 19.7 Å². The zero-order valence-electron chi connectivity index (χ0n) is 18.4. The predicted molar refractivity (Wildman–Crippen MR) is 121 cm³/mol. The molecule has 1 aromatic rings. The first kappa shape index (κ1) is 28.1. The molecule has 0 bridgehead atoms. The topological polar surface area (TPSA) is 253 Å². The molecule has 0 fully saturated rings. The van der Waals surface area contributed by atoms with E-state index in [2.05, 4.69) is 21.3 Å². The number of hydrogen-bond acceptors (Lipinski definition) is 8. The van der Waals surface area contributed by atoms with Gasteiger partial charge in [-0.15, -0.1) is 0 Å². The molecule has 0 aromatic heterocycles. The Morgan fingerprint density at radius 1 is 1.00 bits per heavy atom. The van der Waals surface area contributed by atoms with Gasteiger partial charge >= 0.3 is 5.97 Å². The fourth-order valence-corrected chi connectivity index (χ4v) is 2.78. The Morgan fingerprint density at radius 2 is 1.65 bits per heavy atom. The highest BCUT2D eigenvalue weighted by Crippen LogP contribution is 2.10. The molecule has 0 unspecified atom stereocenters. The molecular formula is C20H31N7O7. The number of guanidine groups is 1. The number of aliphatic carboxylic acids is 1. The lowest BCUT2D eigenvalue weighted by Gasteiger charge is -2.21. The molecule has 0 heterocycles. The minimum atomic E-state index is -1.56. The van der Waals surface area contributed by atoms with E-state index in [1.54, 1.807) is 12.1 Å². The lowest BCUT2D eigenvalue weighted by Crippen LogP contribution is -2.54. The number of amides is 3. The predicted octanol–water partition coefficient (Wildman–Crippen LogP) is -3.31. The van der Waals surface area contributed by atoms with Crippen LogP contribution >= 0.6 is 0 Å². The minimum Gasteiger partial charge on any atom is -0.508 e. The molecule has 1 aromatic carbocycles. The molecule has 0 saturated heterocycles. The molecule has 34 heavy (non-hydrogen) atoms. The Labute approximate surface area is 195 Å². The first-order valence-electron chi connectivity index (χ1n) is 10.4. The largest absolute Gasteiger partial charge is 0.508 e. The second kappa shape index (κ2) is 14.3. The molecule has 0 aliphatic carbocycles. The lowest BCUT2D eigenvalue weighted by molar-refractivity contribution is -0.143. The van der Waals surface area contributed by atoms with E-state index in [1.807, 2.05) is 0 Å². The number of phenols is 1. The number of nitrogens with one attached hydrogen (secondary N) is 5. The van der Waals surface area contributed by atoms with Gasteiger partial charge in [0.1, 0.15) is 17.8 Å². The monoisotopic (exact) mass is 481 g/mol. The van der Waals surface area contributed by atoms with E-state index >= 15 is 0 Å². The van der Waals surface area contributed by atoms with Crippen LogP contribution in [0.2, 0.25) is 0 Å². The van der Waals surface area contributed by atoms with Crippen LogP contribution in [0.1, 0.15) is 18.4 Å². The number of benzene rings is 1. The smallest absolute Gasteiger partial charge is 0.328 e. The molecule has 12 N–H and O–H groups in total. The standard InChI is InChI=1S/C20H31N7O7/c21-13(8-11-3-5-12(29)6-4-11)17(31)25-9-16(30)26-14(2-1-7-24-20(22)23)18(32)27-15(10-28)19(33)34/h3-6,13-15,28-29H,1-2,7-10,21H2,(H,25,31)(H,26,30)(H,27,32)(H,33,34)(H4,22,23,24)/t13-,14-,15-/m0/s1. The zero-order valence-corrected chi connectivity index (χ0v) is 18.4. The molecule has 14 heteroatoms. The van der Waals surface area contributed by atoms with Crippen LogP contribution in [-0.4, -0.2) is 82.8 Å². The number of carboxylic acids is 1. The van der Waals surface area contributed by atoms with Gasteiger partial charge < -0.3 is 48.1 Å². The maximum absolute atomic E-state index is 12.4. The van der Waals surface area contributed by atoms with Crippen molar-refractivity contribution in [3.63, 3.8) is 0 Å². The molecule has 0 saturated carbocycles. The summed E-state index contributed by atoms with van der Waals surface area (Å²) in [5, 5.41) is 43.9. The van der Waals surface area contributed by atoms with E-state index in [4.69, 9.17) is 27.1 Å². The summed E-state index contributed by atoms with van der Waals surface area (Å²) in [7, 11) is 0. The number of aromatic hydroxyl groups is 1. The van der Waals surface area contributed by atoms with Crippen LogP contribution in [0, 0.1) is 5.41 Å². The van der Waals surface area contributed by atoms with E-state index in [9.17, 15) is 24.3 Å². The molecule has 3 amide bonds. The Kier molecular flexibility index (Phi) is 11.8. The van der Waals surface area contributed by atoms with E-state index in [-0.39, 0.29) is 31.1 Å². The quantitative estimate of drug-likeness (QED) is 0.0719. The lowest BCUT2D eigenvalue weighted by atomic mass is 10.1.